The van der Waals surface area contributed by atoms with Crippen molar-refractivity contribution in [2.75, 3.05) is 19.7 Å². The smallest absolute Gasteiger partial charge is 0.254 e. The van der Waals surface area contributed by atoms with Gasteiger partial charge in [0, 0.05) is 37.0 Å². The minimum absolute atomic E-state index is 0.00426. The lowest BCUT2D eigenvalue weighted by molar-refractivity contribution is -0.163. The Morgan fingerprint density at radius 2 is 2.28 bits per heavy atom. The van der Waals surface area contributed by atoms with Crippen LogP contribution >= 0.6 is 0 Å². The Balaban J connectivity index is 1.54. The molecule has 0 aliphatic carbocycles. The summed E-state index contributed by atoms with van der Waals surface area (Å²) in [6.45, 7) is 5.76. The molecule has 7 nitrogen and oxygen atoms in total. The van der Waals surface area contributed by atoms with Crippen molar-refractivity contribution in [3.8, 4) is 0 Å². The maximum Gasteiger partial charge on any atom is 0.254 e. The van der Waals surface area contributed by atoms with Crippen LogP contribution in [0.3, 0.4) is 0 Å². The van der Waals surface area contributed by atoms with Crippen molar-refractivity contribution in [2.24, 2.45) is 0 Å². The Labute approximate surface area is 148 Å². The van der Waals surface area contributed by atoms with Gasteiger partial charge in [-0.1, -0.05) is 0 Å². The number of aryl methyl sites for hydroxylation is 1. The summed E-state index contributed by atoms with van der Waals surface area (Å²) in [6, 6.07) is 0.00426. The van der Waals surface area contributed by atoms with Crippen molar-refractivity contribution in [1.82, 2.24) is 20.4 Å². The molecule has 2 N–H and O–H groups in total. The number of amides is 2. The van der Waals surface area contributed by atoms with Gasteiger partial charge in [0.2, 0.25) is 5.91 Å². The average Bonchev–Trinajstić information content (AvgIpc) is 3.00. The molecule has 2 amide bonds. The molecule has 2 fully saturated rings. The first-order valence-corrected chi connectivity index (χ1v) is 9.19. The van der Waals surface area contributed by atoms with Gasteiger partial charge in [0.15, 0.2) is 0 Å². The van der Waals surface area contributed by atoms with Gasteiger partial charge in [-0.3, -0.25) is 14.7 Å². The average molecular weight is 348 g/mol. The number of hydrogen-bond donors (Lipinski definition) is 2. The summed E-state index contributed by atoms with van der Waals surface area (Å²) in [5, 5.41) is 9.86. The maximum absolute atomic E-state index is 12.9. The zero-order valence-corrected chi connectivity index (χ0v) is 15.1. The molecule has 0 radical (unpaired) electrons. The van der Waals surface area contributed by atoms with E-state index in [-0.39, 0.29) is 17.9 Å². The van der Waals surface area contributed by atoms with Crippen LogP contribution in [0.4, 0.5) is 0 Å². The molecule has 0 saturated carbocycles. The van der Waals surface area contributed by atoms with E-state index in [1.165, 1.54) is 0 Å². The molecule has 3 rings (SSSR count). The molecule has 1 aromatic heterocycles. The van der Waals surface area contributed by atoms with Crippen LogP contribution in [-0.4, -0.2) is 58.3 Å². The highest BCUT2D eigenvalue weighted by Gasteiger charge is 2.40. The minimum Gasteiger partial charge on any atom is -0.365 e. The molecule has 2 aliphatic heterocycles. The highest BCUT2D eigenvalue weighted by atomic mass is 16.5. The third-order valence-electron chi connectivity index (χ3n) is 5.28. The number of H-pyrrole nitrogens is 1. The Hall–Kier alpha value is -1.89. The van der Waals surface area contributed by atoms with E-state index in [9.17, 15) is 9.59 Å². The highest BCUT2D eigenvalue weighted by molar-refractivity contribution is 5.85. The van der Waals surface area contributed by atoms with Gasteiger partial charge in [0.05, 0.1) is 12.6 Å². The molecule has 2 aliphatic rings. The molecule has 1 unspecified atom stereocenters. The maximum atomic E-state index is 12.9. The normalized spacial score (nSPS) is 27.1. The molecule has 2 atom stereocenters. The number of likely N-dealkylation sites (tertiary alicyclic amines) is 1. The third kappa shape index (κ3) is 4.21. The van der Waals surface area contributed by atoms with Gasteiger partial charge in [0.25, 0.3) is 5.91 Å². The molecule has 138 valence electrons. The quantitative estimate of drug-likeness (QED) is 0.859. The first kappa shape index (κ1) is 17.9. The summed E-state index contributed by atoms with van der Waals surface area (Å²) >= 11 is 0. The number of piperidine rings is 1. The SMILES string of the molecule is Cc1[nH]ncc1CC(=O)N[C@@H]1CCCN(C(=O)C2(C)CCCCO2)C1. The molecule has 2 saturated heterocycles. The second-order valence-electron chi connectivity index (χ2n) is 7.39. The molecular formula is C18H28N4O3. The van der Waals surface area contributed by atoms with Crippen molar-refractivity contribution in [3.05, 3.63) is 17.5 Å². The number of rotatable bonds is 4. The van der Waals surface area contributed by atoms with Crippen LogP contribution in [0.2, 0.25) is 0 Å². The standard InChI is InChI=1S/C18H28N4O3/c1-13-14(11-19-21-13)10-16(23)20-15-6-5-8-22(12-15)17(24)18(2)7-3-4-9-25-18/h11,15H,3-10,12H2,1-2H3,(H,19,21)(H,20,23)/t15-,18?/m1/s1. The van der Waals surface area contributed by atoms with E-state index in [1.807, 2.05) is 18.7 Å². The van der Waals surface area contributed by atoms with Crippen LogP contribution in [0.25, 0.3) is 0 Å². The third-order valence-corrected chi connectivity index (χ3v) is 5.28. The van der Waals surface area contributed by atoms with Crippen LogP contribution in [0.15, 0.2) is 6.20 Å². The summed E-state index contributed by atoms with van der Waals surface area (Å²) in [5.41, 5.74) is 1.13. The van der Waals surface area contributed by atoms with Crippen molar-refractivity contribution < 1.29 is 14.3 Å². The summed E-state index contributed by atoms with van der Waals surface area (Å²) in [6.07, 6.45) is 6.63. The zero-order chi connectivity index (χ0) is 17.9. The Bertz CT molecular complexity index is 622. The minimum atomic E-state index is -0.696. The topological polar surface area (TPSA) is 87.3 Å². The molecule has 0 bridgehead atoms. The zero-order valence-electron chi connectivity index (χ0n) is 15.1. The van der Waals surface area contributed by atoms with Crippen LogP contribution in [-0.2, 0) is 20.7 Å². The summed E-state index contributed by atoms with van der Waals surface area (Å²) < 4.78 is 5.79. The van der Waals surface area contributed by atoms with Crippen molar-refractivity contribution >= 4 is 11.8 Å². The predicted molar refractivity (Wildman–Crippen MR) is 93.0 cm³/mol. The van der Waals surface area contributed by atoms with E-state index in [2.05, 4.69) is 15.5 Å². The predicted octanol–water partition coefficient (Wildman–Crippen LogP) is 1.33. The van der Waals surface area contributed by atoms with Gasteiger partial charge >= 0.3 is 0 Å². The van der Waals surface area contributed by atoms with Crippen molar-refractivity contribution in [1.29, 1.82) is 0 Å². The van der Waals surface area contributed by atoms with Gasteiger partial charge in [-0.05, 0) is 46.0 Å². The lowest BCUT2D eigenvalue weighted by Gasteiger charge is -2.40. The summed E-state index contributed by atoms with van der Waals surface area (Å²) in [4.78, 5) is 27.0. The fraction of sp³-hybridized carbons (Fsp3) is 0.722. The van der Waals surface area contributed by atoms with Crippen LogP contribution in [0.5, 0.6) is 0 Å². The molecule has 1 aromatic rings. The highest BCUT2D eigenvalue weighted by Crippen LogP contribution is 2.28. The number of nitrogens with one attached hydrogen (secondary N) is 2. The Kier molecular flexibility index (Phi) is 5.42. The first-order chi connectivity index (χ1) is 12.0. The largest absolute Gasteiger partial charge is 0.365 e. The molecule has 0 spiro atoms. The van der Waals surface area contributed by atoms with E-state index >= 15 is 0 Å². The van der Waals surface area contributed by atoms with E-state index < -0.39 is 5.60 Å². The van der Waals surface area contributed by atoms with Gasteiger partial charge in [0.1, 0.15) is 5.60 Å². The van der Waals surface area contributed by atoms with Crippen LogP contribution in [0.1, 0.15) is 50.3 Å². The number of aromatic amines is 1. The van der Waals surface area contributed by atoms with E-state index in [1.54, 1.807) is 6.20 Å². The van der Waals surface area contributed by atoms with Crippen LogP contribution < -0.4 is 5.32 Å². The first-order valence-electron chi connectivity index (χ1n) is 9.19. The second kappa shape index (κ2) is 7.56. The number of ether oxygens (including phenoxy) is 1. The Morgan fingerprint density at radius 1 is 1.44 bits per heavy atom. The number of aromatic nitrogens is 2. The van der Waals surface area contributed by atoms with Gasteiger partial charge in [-0.25, -0.2) is 0 Å². The molecule has 0 aromatic carbocycles. The number of hydrogen-bond acceptors (Lipinski definition) is 4. The van der Waals surface area contributed by atoms with Gasteiger partial charge < -0.3 is 15.0 Å². The number of carbonyl (C=O) groups is 2. The Morgan fingerprint density at radius 3 is 2.96 bits per heavy atom. The molecular weight excluding hydrogens is 320 g/mol. The fourth-order valence-corrected chi connectivity index (χ4v) is 3.72. The van der Waals surface area contributed by atoms with Gasteiger partial charge in [-0.2, -0.15) is 5.10 Å². The van der Waals surface area contributed by atoms with Crippen molar-refractivity contribution in [3.63, 3.8) is 0 Å². The van der Waals surface area contributed by atoms with Crippen molar-refractivity contribution in [2.45, 2.75) is 64.0 Å². The van der Waals surface area contributed by atoms with E-state index in [0.717, 1.165) is 49.9 Å². The summed E-state index contributed by atoms with van der Waals surface area (Å²) in [5.74, 6) is 0.0424. The van der Waals surface area contributed by atoms with E-state index in [4.69, 9.17) is 4.74 Å². The lowest BCUT2D eigenvalue weighted by atomic mass is 9.93. The fourth-order valence-electron chi connectivity index (χ4n) is 3.72. The number of carbonyl (C=O) groups excluding carboxylic acids is 2. The van der Waals surface area contributed by atoms with E-state index in [0.29, 0.717) is 19.6 Å². The monoisotopic (exact) mass is 348 g/mol. The second-order valence-corrected chi connectivity index (χ2v) is 7.39. The molecule has 7 heteroatoms. The van der Waals surface area contributed by atoms with Gasteiger partial charge in [-0.15, -0.1) is 0 Å². The molecule has 25 heavy (non-hydrogen) atoms. The number of nitrogens with zero attached hydrogens (tertiary/aromatic N) is 2. The summed E-state index contributed by atoms with van der Waals surface area (Å²) in [7, 11) is 0. The lowest BCUT2D eigenvalue weighted by Crippen LogP contribution is -2.56. The molecule has 3 heterocycles. The van der Waals surface area contributed by atoms with Crippen LogP contribution in [0, 0.1) is 6.92 Å².